The third-order valence-corrected chi connectivity index (χ3v) is 3.57. The lowest BCUT2D eigenvalue weighted by atomic mass is 9.93. The van der Waals surface area contributed by atoms with Gasteiger partial charge in [-0.15, -0.1) is 0 Å². The molecule has 0 heterocycles. The second kappa shape index (κ2) is 6.50. The number of hydrogen-bond acceptors (Lipinski definition) is 3. The zero-order valence-electron chi connectivity index (χ0n) is 11.0. The van der Waals surface area contributed by atoms with Gasteiger partial charge in [-0.1, -0.05) is 40.0 Å². The van der Waals surface area contributed by atoms with Gasteiger partial charge in [0.2, 0.25) is 0 Å². The molecule has 0 aromatic carbocycles. The van der Waals surface area contributed by atoms with Crippen LogP contribution in [0.4, 0.5) is 0 Å². The van der Waals surface area contributed by atoms with Crippen LogP contribution in [-0.2, 0) is 20.2 Å². The van der Waals surface area contributed by atoms with Crippen molar-refractivity contribution in [3.63, 3.8) is 0 Å². The molecule has 1 aliphatic rings. The van der Waals surface area contributed by atoms with E-state index in [2.05, 4.69) is 4.72 Å². The predicted molar refractivity (Wildman–Crippen MR) is 68.3 cm³/mol. The summed E-state index contributed by atoms with van der Waals surface area (Å²) in [7, 11) is 0. The van der Waals surface area contributed by atoms with Crippen molar-refractivity contribution in [3.8, 4) is 0 Å². The van der Waals surface area contributed by atoms with E-state index in [0.717, 1.165) is 25.7 Å². The van der Waals surface area contributed by atoms with Crippen molar-refractivity contribution < 1.29 is 13.2 Å². The van der Waals surface area contributed by atoms with Crippen LogP contribution in [0.3, 0.4) is 0 Å². The van der Waals surface area contributed by atoms with Crippen LogP contribution in [0.15, 0.2) is 0 Å². The first kappa shape index (κ1) is 14.6. The molecule has 1 unspecified atom stereocenters. The summed E-state index contributed by atoms with van der Waals surface area (Å²) in [5.74, 6) is -0.404. The number of nitrogens with one attached hydrogen (secondary N) is 1. The van der Waals surface area contributed by atoms with Gasteiger partial charge in [0.15, 0.2) is 0 Å². The fourth-order valence-electron chi connectivity index (χ4n) is 1.93. The van der Waals surface area contributed by atoms with Gasteiger partial charge in [-0.25, -0.2) is 4.72 Å². The molecule has 17 heavy (non-hydrogen) atoms. The van der Waals surface area contributed by atoms with Crippen LogP contribution >= 0.6 is 0 Å². The smallest absolute Gasteiger partial charge is 0.321 e. The maximum Gasteiger partial charge on any atom is 0.321 e. The molecule has 1 saturated carbocycles. The first-order valence-corrected chi connectivity index (χ1v) is 7.33. The van der Waals surface area contributed by atoms with Crippen LogP contribution in [0, 0.1) is 5.41 Å². The number of rotatable bonds is 4. The Bertz CT molecular complexity index is 280. The molecule has 1 atom stereocenters. The van der Waals surface area contributed by atoms with E-state index in [-0.39, 0.29) is 17.9 Å². The van der Waals surface area contributed by atoms with Gasteiger partial charge < -0.3 is 4.18 Å². The van der Waals surface area contributed by atoms with E-state index in [1.54, 1.807) is 0 Å². The quantitative estimate of drug-likeness (QED) is 0.845. The lowest BCUT2D eigenvalue weighted by Crippen LogP contribution is -2.34. The largest absolute Gasteiger partial charge is 0.352 e. The van der Waals surface area contributed by atoms with Crippen LogP contribution in [0.1, 0.15) is 59.3 Å². The standard InChI is InChI=1S/C12H23NO3S/c1-12(2,3)9-11(14)16-17(15)13-10-7-5-4-6-8-10/h10,13H,4-9H2,1-3H3. The third kappa shape index (κ3) is 6.78. The molecule has 0 aromatic rings. The lowest BCUT2D eigenvalue weighted by Gasteiger charge is -2.22. The number of carbonyl (C=O) groups is 1. The zero-order chi connectivity index (χ0) is 12.9. The minimum atomic E-state index is -1.68. The van der Waals surface area contributed by atoms with Gasteiger partial charge in [-0.3, -0.25) is 4.79 Å². The monoisotopic (exact) mass is 261 g/mol. The molecular formula is C12H23NO3S. The SMILES string of the molecule is CC(C)(C)CC(=O)OS(=O)NC1CCCCC1. The number of hydrogen-bond donors (Lipinski definition) is 1. The van der Waals surface area contributed by atoms with Crippen LogP contribution in [0.25, 0.3) is 0 Å². The van der Waals surface area contributed by atoms with Gasteiger partial charge in [0.1, 0.15) is 0 Å². The summed E-state index contributed by atoms with van der Waals surface area (Å²) in [4.78, 5) is 11.5. The molecule has 0 amide bonds. The topological polar surface area (TPSA) is 55.4 Å². The molecule has 100 valence electrons. The van der Waals surface area contributed by atoms with E-state index >= 15 is 0 Å². The summed E-state index contributed by atoms with van der Waals surface area (Å²) in [5, 5.41) is 0. The second-order valence-electron chi connectivity index (χ2n) is 5.88. The molecule has 0 saturated heterocycles. The van der Waals surface area contributed by atoms with Crippen molar-refractivity contribution in [2.75, 3.05) is 0 Å². The van der Waals surface area contributed by atoms with Crippen molar-refractivity contribution in [1.82, 2.24) is 4.72 Å². The molecule has 0 bridgehead atoms. The average molecular weight is 261 g/mol. The molecule has 0 aliphatic heterocycles. The average Bonchev–Trinajstić information content (AvgIpc) is 2.15. The van der Waals surface area contributed by atoms with E-state index in [1.807, 2.05) is 20.8 Å². The summed E-state index contributed by atoms with van der Waals surface area (Å²) < 4.78 is 19.3. The van der Waals surface area contributed by atoms with E-state index in [0.29, 0.717) is 0 Å². The van der Waals surface area contributed by atoms with Crippen molar-refractivity contribution in [2.24, 2.45) is 5.41 Å². The predicted octanol–water partition coefficient (Wildman–Crippen LogP) is 2.47. The highest BCUT2D eigenvalue weighted by atomic mass is 32.2. The fraction of sp³-hybridized carbons (Fsp3) is 0.917. The van der Waals surface area contributed by atoms with Crippen molar-refractivity contribution >= 4 is 17.2 Å². The molecule has 1 N–H and O–H groups in total. The molecular weight excluding hydrogens is 238 g/mol. The van der Waals surface area contributed by atoms with E-state index < -0.39 is 17.2 Å². The minimum Gasteiger partial charge on any atom is -0.352 e. The first-order chi connectivity index (χ1) is 7.87. The van der Waals surface area contributed by atoms with Gasteiger partial charge in [-0.2, -0.15) is 4.21 Å². The van der Waals surface area contributed by atoms with Crippen molar-refractivity contribution in [2.45, 2.75) is 65.3 Å². The Morgan fingerprint density at radius 3 is 2.41 bits per heavy atom. The Morgan fingerprint density at radius 2 is 1.88 bits per heavy atom. The molecule has 1 rings (SSSR count). The normalized spacial score (nSPS) is 19.9. The van der Waals surface area contributed by atoms with Gasteiger partial charge in [0.25, 0.3) is 11.3 Å². The molecule has 0 radical (unpaired) electrons. The summed E-state index contributed by atoms with van der Waals surface area (Å²) >= 11 is -1.68. The number of carbonyl (C=O) groups excluding carboxylic acids is 1. The molecule has 1 fully saturated rings. The maximum atomic E-state index is 11.6. The van der Waals surface area contributed by atoms with Crippen molar-refractivity contribution in [1.29, 1.82) is 0 Å². The van der Waals surface area contributed by atoms with Gasteiger partial charge >= 0.3 is 5.97 Å². The summed E-state index contributed by atoms with van der Waals surface area (Å²) in [6.45, 7) is 5.85. The van der Waals surface area contributed by atoms with Crippen LogP contribution in [-0.4, -0.2) is 16.2 Å². The Hall–Kier alpha value is -0.420. The van der Waals surface area contributed by atoms with Gasteiger partial charge in [0, 0.05) is 6.04 Å². The minimum absolute atomic E-state index is 0.133. The lowest BCUT2D eigenvalue weighted by molar-refractivity contribution is -0.135. The van der Waals surface area contributed by atoms with E-state index in [4.69, 9.17) is 4.18 Å². The first-order valence-electron chi connectivity index (χ1n) is 6.26. The Balaban J connectivity index is 2.26. The summed E-state index contributed by atoms with van der Waals surface area (Å²) in [5.41, 5.74) is -0.133. The van der Waals surface area contributed by atoms with E-state index in [1.165, 1.54) is 6.42 Å². The molecule has 0 spiro atoms. The molecule has 5 heteroatoms. The summed E-state index contributed by atoms with van der Waals surface area (Å²) in [6, 6.07) is 0.229. The highest BCUT2D eigenvalue weighted by Crippen LogP contribution is 2.20. The molecule has 0 aromatic heterocycles. The van der Waals surface area contributed by atoms with E-state index in [9.17, 15) is 9.00 Å². The van der Waals surface area contributed by atoms with Gasteiger partial charge in [0.05, 0.1) is 6.42 Å². The maximum absolute atomic E-state index is 11.6. The Morgan fingerprint density at radius 1 is 1.29 bits per heavy atom. The van der Waals surface area contributed by atoms with Crippen molar-refractivity contribution in [3.05, 3.63) is 0 Å². The third-order valence-electron chi connectivity index (χ3n) is 2.71. The highest BCUT2D eigenvalue weighted by Gasteiger charge is 2.21. The van der Waals surface area contributed by atoms with Crippen LogP contribution < -0.4 is 4.72 Å². The molecule has 1 aliphatic carbocycles. The Labute approximate surface area is 106 Å². The fourth-order valence-corrected chi connectivity index (χ4v) is 2.71. The Kier molecular flexibility index (Phi) is 5.59. The molecule has 4 nitrogen and oxygen atoms in total. The second-order valence-corrected chi connectivity index (χ2v) is 6.75. The zero-order valence-corrected chi connectivity index (χ0v) is 11.8. The van der Waals surface area contributed by atoms with Crippen LogP contribution in [0.2, 0.25) is 0 Å². The highest BCUT2D eigenvalue weighted by molar-refractivity contribution is 7.78. The summed E-state index contributed by atoms with van der Waals surface area (Å²) in [6.07, 6.45) is 5.88. The van der Waals surface area contributed by atoms with Crippen LogP contribution in [0.5, 0.6) is 0 Å². The van der Waals surface area contributed by atoms with Gasteiger partial charge in [-0.05, 0) is 18.3 Å².